The van der Waals surface area contributed by atoms with Crippen LogP contribution in [0.25, 0.3) is 0 Å². The van der Waals surface area contributed by atoms with E-state index in [2.05, 4.69) is 11.7 Å². The quantitative estimate of drug-likeness (QED) is 0.583. The second-order valence-electron chi connectivity index (χ2n) is 3.94. The van der Waals surface area contributed by atoms with Crippen LogP contribution in [0.15, 0.2) is 0 Å². The zero-order valence-electron chi connectivity index (χ0n) is 10.0. The van der Waals surface area contributed by atoms with Crippen molar-refractivity contribution >= 4 is 11.8 Å². The van der Waals surface area contributed by atoms with Gasteiger partial charge in [-0.05, 0) is 12.8 Å². The summed E-state index contributed by atoms with van der Waals surface area (Å²) in [5, 5.41) is 0. The van der Waals surface area contributed by atoms with Crippen LogP contribution in [0.2, 0.25) is 0 Å². The average Bonchev–Trinajstić information content (AvgIpc) is 2.25. The molecule has 0 N–H and O–H groups in total. The van der Waals surface area contributed by atoms with E-state index in [1.54, 1.807) is 0 Å². The summed E-state index contributed by atoms with van der Waals surface area (Å²) in [6, 6.07) is 0. The van der Waals surface area contributed by atoms with Gasteiger partial charge in [-0.25, -0.2) is 0 Å². The smallest absolute Gasteiger partial charge is 0.305 e. The van der Waals surface area contributed by atoms with E-state index in [9.17, 15) is 9.59 Å². The molecule has 0 fully saturated rings. The van der Waals surface area contributed by atoms with Crippen molar-refractivity contribution in [2.45, 2.75) is 52.4 Å². The molecule has 0 rings (SSSR count). The number of methoxy groups -OCH3 is 1. The molecule has 3 heteroatoms. The minimum absolute atomic E-state index is 0.141. The third-order valence-electron chi connectivity index (χ3n) is 2.57. The number of esters is 1. The van der Waals surface area contributed by atoms with Gasteiger partial charge in [0.15, 0.2) is 0 Å². The number of carbonyl (C=O) groups excluding carboxylic acids is 2. The number of ether oxygens (including phenoxy) is 1. The van der Waals surface area contributed by atoms with Gasteiger partial charge in [0.2, 0.25) is 0 Å². The van der Waals surface area contributed by atoms with E-state index >= 15 is 0 Å². The van der Waals surface area contributed by atoms with Crippen molar-refractivity contribution in [2.24, 2.45) is 5.92 Å². The lowest BCUT2D eigenvalue weighted by Crippen LogP contribution is -2.11. The van der Waals surface area contributed by atoms with Gasteiger partial charge in [-0.15, -0.1) is 0 Å². The van der Waals surface area contributed by atoms with Gasteiger partial charge < -0.3 is 4.74 Å². The molecule has 0 spiro atoms. The number of ketones is 1. The van der Waals surface area contributed by atoms with Crippen molar-refractivity contribution < 1.29 is 14.3 Å². The van der Waals surface area contributed by atoms with Gasteiger partial charge in [0, 0.05) is 18.8 Å². The fourth-order valence-electron chi connectivity index (χ4n) is 1.43. The highest BCUT2D eigenvalue weighted by Crippen LogP contribution is 2.12. The van der Waals surface area contributed by atoms with Gasteiger partial charge in [-0.2, -0.15) is 0 Å². The van der Waals surface area contributed by atoms with Crippen LogP contribution in [0, 0.1) is 5.92 Å². The van der Waals surface area contributed by atoms with Gasteiger partial charge >= 0.3 is 5.97 Å². The Bertz CT molecular complexity index is 199. The maximum Gasteiger partial charge on any atom is 0.305 e. The zero-order valence-corrected chi connectivity index (χ0v) is 10.0. The standard InChI is InChI=1S/C12H22O3/c1-4-5-7-10(2)11(13)8-6-9-12(14)15-3/h10H,4-9H2,1-3H3. The van der Waals surface area contributed by atoms with Crippen molar-refractivity contribution in [3.8, 4) is 0 Å². The lowest BCUT2D eigenvalue weighted by atomic mass is 9.96. The number of Topliss-reactive ketones (excluding diaryl/α,β-unsaturated/α-hetero) is 1. The van der Waals surface area contributed by atoms with Crippen molar-refractivity contribution in [1.82, 2.24) is 0 Å². The molecule has 0 aromatic heterocycles. The van der Waals surface area contributed by atoms with Gasteiger partial charge in [0.05, 0.1) is 7.11 Å². The Labute approximate surface area is 92.2 Å². The van der Waals surface area contributed by atoms with E-state index in [1.807, 2.05) is 6.92 Å². The molecule has 0 saturated carbocycles. The fourth-order valence-corrected chi connectivity index (χ4v) is 1.43. The fraction of sp³-hybridized carbons (Fsp3) is 0.833. The highest BCUT2D eigenvalue weighted by Gasteiger charge is 2.12. The molecule has 0 aliphatic rings. The Balaban J connectivity index is 3.59. The lowest BCUT2D eigenvalue weighted by Gasteiger charge is -2.08. The first-order valence-electron chi connectivity index (χ1n) is 5.71. The molecule has 0 bridgehead atoms. The molecule has 0 radical (unpaired) electrons. The lowest BCUT2D eigenvalue weighted by molar-refractivity contribution is -0.140. The van der Waals surface area contributed by atoms with Crippen molar-refractivity contribution in [3.63, 3.8) is 0 Å². The maximum atomic E-state index is 11.6. The summed E-state index contributed by atoms with van der Waals surface area (Å²) in [6.07, 6.45) is 4.65. The summed E-state index contributed by atoms with van der Waals surface area (Å²) in [4.78, 5) is 22.4. The van der Waals surface area contributed by atoms with E-state index in [0.717, 1.165) is 19.3 Å². The Morgan fingerprint density at radius 1 is 1.20 bits per heavy atom. The predicted molar refractivity (Wildman–Crippen MR) is 59.6 cm³/mol. The van der Waals surface area contributed by atoms with E-state index in [1.165, 1.54) is 7.11 Å². The second-order valence-corrected chi connectivity index (χ2v) is 3.94. The van der Waals surface area contributed by atoms with Crippen LogP contribution >= 0.6 is 0 Å². The largest absolute Gasteiger partial charge is 0.469 e. The molecular weight excluding hydrogens is 192 g/mol. The molecule has 1 atom stereocenters. The summed E-state index contributed by atoms with van der Waals surface area (Å²) in [5.74, 6) is 0.180. The SMILES string of the molecule is CCCCC(C)C(=O)CCCC(=O)OC. The third-order valence-corrected chi connectivity index (χ3v) is 2.57. The minimum atomic E-state index is -0.232. The first-order valence-corrected chi connectivity index (χ1v) is 5.71. The molecule has 0 aliphatic heterocycles. The Hall–Kier alpha value is -0.860. The van der Waals surface area contributed by atoms with Crippen LogP contribution in [0.3, 0.4) is 0 Å². The van der Waals surface area contributed by atoms with E-state index < -0.39 is 0 Å². The molecule has 0 aromatic rings. The number of hydrogen-bond donors (Lipinski definition) is 0. The van der Waals surface area contributed by atoms with Crippen LogP contribution < -0.4 is 0 Å². The van der Waals surface area contributed by atoms with Crippen molar-refractivity contribution in [1.29, 1.82) is 0 Å². The van der Waals surface area contributed by atoms with Crippen LogP contribution in [0.5, 0.6) is 0 Å². The molecule has 0 aliphatic carbocycles. The monoisotopic (exact) mass is 214 g/mol. The number of rotatable bonds is 8. The highest BCUT2D eigenvalue weighted by molar-refractivity contribution is 5.81. The summed E-state index contributed by atoms with van der Waals surface area (Å²) in [7, 11) is 1.37. The molecule has 0 aromatic carbocycles. The summed E-state index contributed by atoms with van der Waals surface area (Å²) >= 11 is 0. The predicted octanol–water partition coefficient (Wildman–Crippen LogP) is 2.73. The number of hydrogen-bond acceptors (Lipinski definition) is 3. The molecule has 0 heterocycles. The minimum Gasteiger partial charge on any atom is -0.469 e. The van der Waals surface area contributed by atoms with E-state index in [-0.39, 0.29) is 17.7 Å². The number of unbranched alkanes of at least 4 members (excludes halogenated alkanes) is 1. The summed E-state index contributed by atoms with van der Waals surface area (Å²) in [6.45, 7) is 4.09. The Morgan fingerprint density at radius 3 is 2.40 bits per heavy atom. The molecule has 15 heavy (non-hydrogen) atoms. The van der Waals surface area contributed by atoms with E-state index in [0.29, 0.717) is 19.3 Å². The highest BCUT2D eigenvalue weighted by atomic mass is 16.5. The molecule has 3 nitrogen and oxygen atoms in total. The molecule has 88 valence electrons. The number of carbonyl (C=O) groups is 2. The second kappa shape index (κ2) is 8.45. The normalized spacial score (nSPS) is 12.2. The van der Waals surface area contributed by atoms with Gasteiger partial charge in [-0.1, -0.05) is 26.7 Å². The van der Waals surface area contributed by atoms with Crippen molar-refractivity contribution in [3.05, 3.63) is 0 Å². The van der Waals surface area contributed by atoms with Crippen LogP contribution in [0.4, 0.5) is 0 Å². The van der Waals surface area contributed by atoms with Crippen LogP contribution in [-0.4, -0.2) is 18.9 Å². The summed E-state index contributed by atoms with van der Waals surface area (Å²) < 4.78 is 4.51. The molecule has 0 amide bonds. The van der Waals surface area contributed by atoms with Gasteiger partial charge in [0.25, 0.3) is 0 Å². The van der Waals surface area contributed by atoms with Gasteiger partial charge in [-0.3, -0.25) is 9.59 Å². The van der Waals surface area contributed by atoms with E-state index in [4.69, 9.17) is 0 Å². The topological polar surface area (TPSA) is 43.4 Å². The molecule has 1 unspecified atom stereocenters. The molecule has 0 saturated heterocycles. The first-order chi connectivity index (χ1) is 7.11. The van der Waals surface area contributed by atoms with Crippen LogP contribution in [-0.2, 0) is 14.3 Å². The average molecular weight is 214 g/mol. The maximum absolute atomic E-state index is 11.6. The zero-order chi connectivity index (χ0) is 11.7. The third kappa shape index (κ3) is 7.11. The summed E-state index contributed by atoms with van der Waals surface area (Å²) in [5.41, 5.74) is 0. The van der Waals surface area contributed by atoms with Crippen molar-refractivity contribution in [2.75, 3.05) is 7.11 Å². The van der Waals surface area contributed by atoms with Gasteiger partial charge in [0.1, 0.15) is 5.78 Å². The van der Waals surface area contributed by atoms with Crippen LogP contribution in [0.1, 0.15) is 52.4 Å². The first kappa shape index (κ1) is 14.1. The Kier molecular flexibility index (Phi) is 7.96. The Morgan fingerprint density at radius 2 is 1.87 bits per heavy atom. The molecular formula is C12H22O3.